The fourth-order valence-electron chi connectivity index (χ4n) is 2.21. The molecule has 2 rings (SSSR count). The molecule has 0 aromatic carbocycles. The molecule has 3 unspecified atom stereocenters. The van der Waals surface area contributed by atoms with Gasteiger partial charge in [0.1, 0.15) is 0 Å². The summed E-state index contributed by atoms with van der Waals surface area (Å²) >= 11 is 3.35. The van der Waals surface area contributed by atoms with Crippen molar-refractivity contribution in [1.29, 1.82) is 0 Å². The molecule has 0 spiro atoms. The van der Waals surface area contributed by atoms with Crippen LogP contribution in [0.25, 0.3) is 0 Å². The van der Waals surface area contributed by atoms with Gasteiger partial charge in [-0.15, -0.1) is 0 Å². The number of fused-ring (bicyclic) bond motifs is 1. The van der Waals surface area contributed by atoms with Crippen molar-refractivity contribution in [3.63, 3.8) is 0 Å². The van der Waals surface area contributed by atoms with Gasteiger partial charge in [0, 0.05) is 17.2 Å². The molecule has 11 heavy (non-hydrogen) atoms. The lowest BCUT2D eigenvalue weighted by Gasteiger charge is -2.16. The van der Waals surface area contributed by atoms with E-state index < -0.39 is 5.92 Å². The van der Waals surface area contributed by atoms with Crippen LogP contribution in [-0.2, 0) is 0 Å². The van der Waals surface area contributed by atoms with Crippen molar-refractivity contribution in [3.8, 4) is 0 Å². The summed E-state index contributed by atoms with van der Waals surface area (Å²) in [5, 5.41) is 0.895. The SMILES string of the molecule is FC1(F)C2CCC(CBr)CC21. The van der Waals surface area contributed by atoms with Crippen LogP contribution in [0.15, 0.2) is 0 Å². The topological polar surface area (TPSA) is 0 Å². The van der Waals surface area contributed by atoms with Crippen LogP contribution in [0.4, 0.5) is 8.78 Å². The van der Waals surface area contributed by atoms with Crippen LogP contribution >= 0.6 is 15.9 Å². The molecule has 0 N–H and O–H groups in total. The van der Waals surface area contributed by atoms with Crippen molar-refractivity contribution in [2.24, 2.45) is 17.8 Å². The Hall–Kier alpha value is 0.340. The monoisotopic (exact) mass is 224 g/mol. The van der Waals surface area contributed by atoms with Gasteiger partial charge in [0.15, 0.2) is 0 Å². The third-order valence-electron chi connectivity index (χ3n) is 3.06. The summed E-state index contributed by atoms with van der Waals surface area (Å²) in [6.07, 6.45) is 2.47. The van der Waals surface area contributed by atoms with Gasteiger partial charge in [-0.3, -0.25) is 0 Å². The molecular formula is C8H11BrF2. The minimum absolute atomic E-state index is 0.252. The maximum absolute atomic E-state index is 12.8. The van der Waals surface area contributed by atoms with E-state index in [-0.39, 0.29) is 11.8 Å². The predicted molar refractivity (Wildman–Crippen MR) is 43.1 cm³/mol. The third-order valence-corrected chi connectivity index (χ3v) is 3.97. The Kier molecular flexibility index (Phi) is 1.75. The fraction of sp³-hybridized carbons (Fsp3) is 1.00. The highest BCUT2D eigenvalue weighted by molar-refractivity contribution is 9.09. The average molecular weight is 225 g/mol. The van der Waals surface area contributed by atoms with Crippen molar-refractivity contribution in [3.05, 3.63) is 0 Å². The molecule has 0 heterocycles. The molecule has 2 saturated carbocycles. The Morgan fingerprint density at radius 2 is 2.00 bits per heavy atom. The summed E-state index contributed by atoms with van der Waals surface area (Å²) in [6, 6.07) is 0. The summed E-state index contributed by atoms with van der Waals surface area (Å²) in [5.74, 6) is -2.31. The first-order valence-corrected chi connectivity index (χ1v) is 5.22. The smallest absolute Gasteiger partial charge is 0.206 e. The highest BCUT2D eigenvalue weighted by atomic mass is 79.9. The molecule has 0 amide bonds. The first-order valence-electron chi connectivity index (χ1n) is 4.10. The number of hydrogen-bond acceptors (Lipinski definition) is 0. The number of rotatable bonds is 1. The van der Waals surface area contributed by atoms with Crippen molar-refractivity contribution in [1.82, 2.24) is 0 Å². The van der Waals surface area contributed by atoms with E-state index in [9.17, 15) is 8.78 Å². The minimum atomic E-state index is -2.29. The van der Waals surface area contributed by atoms with E-state index >= 15 is 0 Å². The van der Waals surface area contributed by atoms with Crippen LogP contribution in [0.2, 0.25) is 0 Å². The maximum atomic E-state index is 12.8. The van der Waals surface area contributed by atoms with E-state index in [1.807, 2.05) is 0 Å². The molecule has 2 aliphatic carbocycles. The number of halogens is 3. The quantitative estimate of drug-likeness (QED) is 0.601. The van der Waals surface area contributed by atoms with Gasteiger partial charge in [-0.05, 0) is 25.2 Å². The lowest BCUT2D eigenvalue weighted by molar-refractivity contribution is 0.0845. The second-order valence-electron chi connectivity index (χ2n) is 3.72. The summed E-state index contributed by atoms with van der Waals surface area (Å²) in [7, 11) is 0. The molecule has 0 radical (unpaired) electrons. The highest BCUT2D eigenvalue weighted by Gasteiger charge is 2.68. The first-order chi connectivity index (χ1) is 5.16. The van der Waals surface area contributed by atoms with E-state index in [0.29, 0.717) is 5.92 Å². The van der Waals surface area contributed by atoms with Gasteiger partial charge < -0.3 is 0 Å². The highest BCUT2D eigenvalue weighted by Crippen LogP contribution is 2.63. The van der Waals surface area contributed by atoms with Gasteiger partial charge in [-0.25, -0.2) is 8.78 Å². The van der Waals surface area contributed by atoms with E-state index in [4.69, 9.17) is 0 Å². The summed E-state index contributed by atoms with van der Waals surface area (Å²) in [5.41, 5.74) is 0. The Bertz CT molecular complexity index is 169. The van der Waals surface area contributed by atoms with Crippen molar-refractivity contribution in [2.45, 2.75) is 25.2 Å². The first kappa shape index (κ1) is 7.96. The zero-order valence-electron chi connectivity index (χ0n) is 6.19. The molecule has 2 fully saturated rings. The van der Waals surface area contributed by atoms with Crippen LogP contribution in [0, 0.1) is 17.8 Å². The molecule has 0 bridgehead atoms. The second-order valence-corrected chi connectivity index (χ2v) is 4.37. The largest absolute Gasteiger partial charge is 0.254 e. The molecule has 0 nitrogen and oxygen atoms in total. The number of hydrogen-bond donors (Lipinski definition) is 0. The summed E-state index contributed by atoms with van der Waals surface area (Å²) in [6.45, 7) is 0. The Labute approximate surface area is 73.5 Å². The van der Waals surface area contributed by atoms with Crippen molar-refractivity contribution < 1.29 is 8.78 Å². The van der Waals surface area contributed by atoms with Gasteiger partial charge in [-0.2, -0.15) is 0 Å². The van der Waals surface area contributed by atoms with Crippen LogP contribution in [-0.4, -0.2) is 11.3 Å². The van der Waals surface area contributed by atoms with Gasteiger partial charge in [0.2, 0.25) is 0 Å². The number of alkyl halides is 3. The normalized spacial score (nSPS) is 46.6. The molecule has 0 saturated heterocycles. The Morgan fingerprint density at radius 1 is 1.27 bits per heavy atom. The van der Waals surface area contributed by atoms with Crippen LogP contribution < -0.4 is 0 Å². The third kappa shape index (κ3) is 1.12. The van der Waals surface area contributed by atoms with E-state index in [0.717, 1.165) is 24.6 Å². The van der Waals surface area contributed by atoms with E-state index in [1.54, 1.807) is 0 Å². The Morgan fingerprint density at radius 3 is 2.55 bits per heavy atom. The van der Waals surface area contributed by atoms with Gasteiger partial charge in [-0.1, -0.05) is 15.9 Å². The zero-order valence-corrected chi connectivity index (χ0v) is 7.78. The molecule has 0 aromatic rings. The molecule has 3 atom stereocenters. The maximum Gasteiger partial charge on any atom is 0.254 e. The minimum Gasteiger partial charge on any atom is -0.206 e. The average Bonchev–Trinajstić information content (AvgIpc) is 2.55. The van der Waals surface area contributed by atoms with E-state index in [1.165, 1.54) is 0 Å². The standard InChI is InChI=1S/C8H11BrF2/c9-4-5-1-2-6-7(3-5)8(6,10)11/h5-7H,1-4H2. The lowest BCUT2D eigenvalue weighted by atomic mass is 9.91. The Balaban J connectivity index is 1.97. The van der Waals surface area contributed by atoms with Gasteiger partial charge >= 0.3 is 0 Å². The van der Waals surface area contributed by atoms with Gasteiger partial charge in [0.05, 0.1) is 0 Å². The lowest BCUT2D eigenvalue weighted by Crippen LogP contribution is -2.09. The van der Waals surface area contributed by atoms with Gasteiger partial charge in [0.25, 0.3) is 5.92 Å². The second kappa shape index (κ2) is 2.41. The molecule has 0 aliphatic heterocycles. The fourth-order valence-corrected chi connectivity index (χ4v) is 2.80. The predicted octanol–water partition coefficient (Wildman–Crippen LogP) is 3.06. The molecule has 3 heteroatoms. The van der Waals surface area contributed by atoms with Crippen LogP contribution in [0.3, 0.4) is 0 Å². The van der Waals surface area contributed by atoms with E-state index in [2.05, 4.69) is 15.9 Å². The van der Waals surface area contributed by atoms with Crippen molar-refractivity contribution in [2.75, 3.05) is 5.33 Å². The summed E-state index contributed by atoms with van der Waals surface area (Å²) in [4.78, 5) is 0. The molecule has 2 aliphatic rings. The molecular weight excluding hydrogens is 214 g/mol. The summed E-state index contributed by atoms with van der Waals surface area (Å²) < 4.78 is 25.6. The zero-order chi connectivity index (χ0) is 8.06. The molecule has 0 aromatic heterocycles. The van der Waals surface area contributed by atoms with Crippen LogP contribution in [0.1, 0.15) is 19.3 Å². The van der Waals surface area contributed by atoms with Crippen molar-refractivity contribution >= 4 is 15.9 Å². The molecule has 64 valence electrons. The van der Waals surface area contributed by atoms with Crippen LogP contribution in [0.5, 0.6) is 0 Å².